The summed E-state index contributed by atoms with van der Waals surface area (Å²) in [5.41, 5.74) is 9.63. The highest BCUT2D eigenvalue weighted by molar-refractivity contribution is 5.23. The minimum absolute atomic E-state index is 0.0167. The van der Waals surface area contributed by atoms with Crippen molar-refractivity contribution in [1.29, 1.82) is 0 Å². The standard InChI is InChI=1S/C104H112O21/c1-2-58-110-103-100(118-69-84-56-34-13-35-57-84)98(125-104-99(117-68-83-54-32-12-33-55-83)97(116-67-82-52-30-11-31-53-82)93(113-64-79-46-24-8-25-47-79)87(123-104)72-109-61-76-40-18-5-19-41-76)94(124-102-90(106)96(115-66-81-50-28-10-29-51-81)92(112-63-78-44-22-7-23-45-78)86(121-102)71-108-60-75-38-16-4-17-39-75)88(122-103)73-119-101-89(105)95(114-65-80-48-26-9-27-49-80)91(111-62-77-42-20-6-21-43-77)85(120-101)70-107-59-74-36-14-3-15-37-74/h2-57,85-106H,1,58-73H2. The molecular weight excluding hydrogens is 1590 g/mol. The summed E-state index contributed by atoms with van der Waals surface area (Å²) in [5, 5.41) is 27.1. The fraction of sp³-hybridized carbons (Fsp3) is 0.346. The zero-order valence-corrected chi connectivity index (χ0v) is 70.1. The summed E-state index contributed by atoms with van der Waals surface area (Å²) in [4.78, 5) is 0. The Hall–Kier alpha value is -9.68. The molecule has 15 rings (SSSR count). The van der Waals surface area contributed by atoms with Gasteiger partial charge >= 0.3 is 0 Å². The van der Waals surface area contributed by atoms with Crippen LogP contribution in [0.5, 0.6) is 0 Å². The number of rotatable bonds is 46. The number of aliphatic hydroxyl groups excluding tert-OH is 2. The Morgan fingerprint density at radius 2 is 0.432 bits per heavy atom. The predicted molar refractivity (Wildman–Crippen MR) is 467 cm³/mol. The fourth-order valence-corrected chi connectivity index (χ4v) is 15.8. The van der Waals surface area contributed by atoms with E-state index in [-0.39, 0.29) is 99.1 Å². The third kappa shape index (κ3) is 26.5. The van der Waals surface area contributed by atoms with Crippen LogP contribution in [-0.2, 0) is 163 Å². The lowest BCUT2D eigenvalue weighted by atomic mass is 9.94. The van der Waals surface area contributed by atoms with Gasteiger partial charge in [-0.15, -0.1) is 6.58 Å². The van der Waals surface area contributed by atoms with Crippen LogP contribution < -0.4 is 0 Å². The molecule has 0 aliphatic carbocycles. The van der Waals surface area contributed by atoms with Gasteiger partial charge in [0.25, 0.3) is 0 Å². The number of ether oxygens (including phenoxy) is 19. The second-order valence-electron chi connectivity index (χ2n) is 31.4. The van der Waals surface area contributed by atoms with E-state index < -0.39 is 129 Å². The average molecular weight is 1700 g/mol. The fourth-order valence-electron chi connectivity index (χ4n) is 15.8. The molecular formula is C104H112O21. The zero-order valence-electron chi connectivity index (χ0n) is 70.1. The monoisotopic (exact) mass is 1700 g/mol. The van der Waals surface area contributed by atoms with Gasteiger partial charge in [-0.25, -0.2) is 0 Å². The van der Waals surface area contributed by atoms with Crippen molar-refractivity contribution in [3.05, 3.63) is 408 Å². The SMILES string of the molecule is C=CCOC1OC(COC2OC(COCc3ccccc3)C(OCc3ccccc3)C(OCc3ccccc3)C2O)C(OC2OC(COCc3ccccc3)C(OCc3ccccc3)C(OCc3ccccc3)C2O)C(OC2OC(COCc3ccccc3)C(OCc3ccccc3)C(OCc3ccccc3)C2OCc2ccccc2)C1OCc1ccccc1. The topological polar surface area (TPSA) is 216 Å². The Morgan fingerprint density at radius 1 is 0.208 bits per heavy atom. The summed E-state index contributed by atoms with van der Waals surface area (Å²) < 4.78 is 137. The molecule has 654 valence electrons. The Morgan fingerprint density at radius 3 is 0.744 bits per heavy atom. The molecule has 11 aromatic rings. The van der Waals surface area contributed by atoms with Crippen molar-refractivity contribution in [3.63, 3.8) is 0 Å². The Labute approximate surface area is 732 Å². The third-order valence-electron chi connectivity index (χ3n) is 22.3. The van der Waals surface area contributed by atoms with Gasteiger partial charge in [0.15, 0.2) is 25.2 Å². The van der Waals surface area contributed by atoms with Crippen LogP contribution in [0.2, 0.25) is 0 Å². The summed E-state index contributed by atoms with van der Waals surface area (Å²) in [6.45, 7) is 4.79. The number of hydrogen-bond acceptors (Lipinski definition) is 21. The lowest BCUT2D eigenvalue weighted by Gasteiger charge is -2.52. The molecule has 11 aromatic carbocycles. The van der Waals surface area contributed by atoms with Gasteiger partial charge in [0.1, 0.15) is 97.7 Å². The van der Waals surface area contributed by atoms with Crippen molar-refractivity contribution in [1.82, 2.24) is 0 Å². The molecule has 0 radical (unpaired) electrons. The molecule has 0 saturated carbocycles. The third-order valence-corrected chi connectivity index (χ3v) is 22.3. The number of aliphatic hydroxyl groups is 2. The molecule has 4 saturated heterocycles. The molecule has 2 N–H and O–H groups in total. The van der Waals surface area contributed by atoms with Gasteiger partial charge in [0.05, 0.1) is 106 Å². The van der Waals surface area contributed by atoms with Gasteiger partial charge in [-0.2, -0.15) is 0 Å². The zero-order chi connectivity index (χ0) is 85.2. The van der Waals surface area contributed by atoms with Crippen molar-refractivity contribution in [2.45, 2.75) is 195 Å². The van der Waals surface area contributed by atoms with Gasteiger partial charge in [-0.05, 0) is 61.2 Å². The first-order valence-corrected chi connectivity index (χ1v) is 43.0. The maximum absolute atomic E-state index is 13.8. The number of hydrogen-bond donors (Lipinski definition) is 2. The van der Waals surface area contributed by atoms with E-state index in [9.17, 15) is 10.2 Å². The Bertz CT molecular complexity index is 4780. The highest BCUT2D eigenvalue weighted by Crippen LogP contribution is 2.41. The molecule has 20 unspecified atom stereocenters. The van der Waals surface area contributed by atoms with Gasteiger partial charge < -0.3 is 100 Å². The molecule has 0 bridgehead atoms. The molecule has 20 atom stereocenters. The van der Waals surface area contributed by atoms with Crippen LogP contribution in [0.25, 0.3) is 0 Å². The van der Waals surface area contributed by atoms with Crippen LogP contribution in [0.15, 0.2) is 346 Å². The highest BCUT2D eigenvalue weighted by Gasteiger charge is 2.58. The Kier molecular flexibility index (Phi) is 34.8. The van der Waals surface area contributed by atoms with Crippen LogP contribution >= 0.6 is 0 Å². The molecule has 4 aliphatic heterocycles. The lowest BCUT2D eigenvalue weighted by molar-refractivity contribution is -0.401. The summed E-state index contributed by atoms with van der Waals surface area (Å²) in [5.74, 6) is 0. The van der Waals surface area contributed by atoms with Crippen molar-refractivity contribution in [2.24, 2.45) is 0 Å². The minimum Gasteiger partial charge on any atom is -0.385 e. The number of benzene rings is 11. The van der Waals surface area contributed by atoms with Gasteiger partial charge in [-0.1, -0.05) is 340 Å². The molecule has 21 nitrogen and oxygen atoms in total. The van der Waals surface area contributed by atoms with E-state index in [4.69, 9.17) is 90.0 Å². The first-order valence-electron chi connectivity index (χ1n) is 43.0. The van der Waals surface area contributed by atoms with Gasteiger partial charge in [0.2, 0.25) is 0 Å². The molecule has 125 heavy (non-hydrogen) atoms. The molecule has 0 amide bonds. The Balaban J connectivity index is 0.865. The lowest BCUT2D eigenvalue weighted by Crippen LogP contribution is -2.68. The molecule has 4 aliphatic rings. The van der Waals surface area contributed by atoms with Crippen molar-refractivity contribution in [3.8, 4) is 0 Å². The van der Waals surface area contributed by atoms with E-state index in [0.29, 0.717) is 0 Å². The van der Waals surface area contributed by atoms with Crippen LogP contribution in [-0.4, -0.2) is 166 Å². The summed E-state index contributed by atoms with van der Waals surface area (Å²) in [6.07, 6.45) is -23.3. The van der Waals surface area contributed by atoms with Crippen molar-refractivity contribution >= 4 is 0 Å². The van der Waals surface area contributed by atoms with E-state index >= 15 is 0 Å². The minimum atomic E-state index is -1.65. The van der Waals surface area contributed by atoms with E-state index in [1.165, 1.54) is 0 Å². The van der Waals surface area contributed by atoms with Crippen LogP contribution in [0.4, 0.5) is 0 Å². The maximum Gasteiger partial charge on any atom is 0.187 e. The van der Waals surface area contributed by atoms with Crippen LogP contribution in [0.1, 0.15) is 61.2 Å². The quantitative estimate of drug-likeness (QED) is 0.0339. The molecule has 0 aromatic heterocycles. The van der Waals surface area contributed by atoms with Crippen LogP contribution in [0.3, 0.4) is 0 Å². The second kappa shape index (κ2) is 48.3. The summed E-state index contributed by atoms with van der Waals surface area (Å²) in [6, 6.07) is 108. The summed E-state index contributed by atoms with van der Waals surface area (Å²) >= 11 is 0. The van der Waals surface area contributed by atoms with E-state index in [0.717, 1.165) is 61.2 Å². The highest BCUT2D eigenvalue weighted by atomic mass is 16.8. The van der Waals surface area contributed by atoms with Crippen LogP contribution in [0, 0.1) is 0 Å². The van der Waals surface area contributed by atoms with E-state index in [2.05, 4.69) is 6.58 Å². The van der Waals surface area contributed by atoms with Gasteiger partial charge in [0, 0.05) is 0 Å². The van der Waals surface area contributed by atoms with Gasteiger partial charge in [-0.3, -0.25) is 0 Å². The normalized spacial score (nSPS) is 26.3. The van der Waals surface area contributed by atoms with Crippen molar-refractivity contribution < 1.29 is 100 Å². The summed E-state index contributed by atoms with van der Waals surface area (Å²) in [7, 11) is 0. The smallest absolute Gasteiger partial charge is 0.187 e. The second-order valence-corrected chi connectivity index (χ2v) is 31.4. The first kappa shape index (κ1) is 90.1. The largest absolute Gasteiger partial charge is 0.385 e. The van der Waals surface area contributed by atoms with E-state index in [1.54, 1.807) is 6.08 Å². The average Bonchev–Trinajstić information content (AvgIpc) is 0.755. The molecule has 0 spiro atoms. The van der Waals surface area contributed by atoms with E-state index in [1.807, 2.05) is 334 Å². The molecule has 21 heteroatoms. The molecule has 4 heterocycles. The first-order chi connectivity index (χ1) is 61.8. The maximum atomic E-state index is 13.8. The molecule has 4 fully saturated rings. The predicted octanol–water partition coefficient (Wildman–Crippen LogP) is 15.9. The van der Waals surface area contributed by atoms with Crippen molar-refractivity contribution in [2.75, 3.05) is 33.0 Å².